The highest BCUT2D eigenvalue weighted by Gasteiger charge is 2.32. The van der Waals surface area contributed by atoms with Gasteiger partial charge in [-0.1, -0.05) is 0 Å². The van der Waals surface area contributed by atoms with Crippen molar-refractivity contribution in [1.29, 1.82) is 0 Å². The minimum absolute atomic E-state index is 0.222. The van der Waals surface area contributed by atoms with Crippen LogP contribution in [-0.2, 0) is 7.05 Å². The van der Waals surface area contributed by atoms with Crippen molar-refractivity contribution in [1.82, 2.24) is 24.6 Å². The lowest BCUT2D eigenvalue weighted by atomic mass is 9.97. The number of aliphatic hydroxyl groups is 1. The minimum atomic E-state index is -0.440. The van der Waals surface area contributed by atoms with Crippen LogP contribution in [0.3, 0.4) is 0 Å². The Balaban J connectivity index is 1.52. The van der Waals surface area contributed by atoms with E-state index in [2.05, 4.69) is 40.2 Å². The van der Waals surface area contributed by atoms with Crippen molar-refractivity contribution in [3.63, 3.8) is 0 Å². The third kappa shape index (κ3) is 2.51. The zero-order valence-electron chi connectivity index (χ0n) is 14.6. The van der Waals surface area contributed by atoms with Crippen molar-refractivity contribution in [3.05, 3.63) is 41.5 Å². The summed E-state index contributed by atoms with van der Waals surface area (Å²) in [6, 6.07) is 8.44. The average Bonchev–Trinajstić information content (AvgIpc) is 3.21. The summed E-state index contributed by atoms with van der Waals surface area (Å²) in [5, 5.41) is 17.0. The molecule has 0 radical (unpaired) electrons. The quantitative estimate of drug-likeness (QED) is 0.605. The molecular formula is C19H19N5OS. The molecule has 1 N–H and O–H groups in total. The van der Waals surface area contributed by atoms with Gasteiger partial charge in [0, 0.05) is 46.7 Å². The highest BCUT2D eigenvalue weighted by atomic mass is 32.1. The van der Waals surface area contributed by atoms with Gasteiger partial charge in [0.1, 0.15) is 10.9 Å². The number of likely N-dealkylation sites (tertiary alicyclic amines) is 1. The Morgan fingerprint density at radius 1 is 1.23 bits per heavy atom. The van der Waals surface area contributed by atoms with Gasteiger partial charge >= 0.3 is 0 Å². The summed E-state index contributed by atoms with van der Waals surface area (Å²) in [7, 11) is 3.95. The Morgan fingerprint density at radius 2 is 2.12 bits per heavy atom. The number of pyridine rings is 2. The van der Waals surface area contributed by atoms with E-state index in [1.807, 2.05) is 25.5 Å². The van der Waals surface area contributed by atoms with Crippen LogP contribution in [0.4, 0.5) is 0 Å². The number of rotatable bonds is 3. The van der Waals surface area contributed by atoms with Gasteiger partial charge in [0.05, 0.1) is 5.69 Å². The molecule has 0 spiro atoms. The minimum Gasteiger partial charge on any atom is -0.386 e. The lowest BCUT2D eigenvalue weighted by Crippen LogP contribution is -2.48. The van der Waals surface area contributed by atoms with E-state index >= 15 is 0 Å². The number of nitrogens with zero attached hydrogens (tertiary/aromatic N) is 5. The van der Waals surface area contributed by atoms with E-state index in [4.69, 9.17) is 4.98 Å². The second kappa shape index (κ2) is 5.84. The van der Waals surface area contributed by atoms with Gasteiger partial charge in [0.15, 0.2) is 5.65 Å². The summed E-state index contributed by atoms with van der Waals surface area (Å²) >= 11 is 1.58. The topological polar surface area (TPSA) is 67.1 Å². The van der Waals surface area contributed by atoms with Crippen LogP contribution in [0.2, 0.25) is 0 Å². The number of thiophene rings is 1. The smallest absolute Gasteiger partial charge is 0.181 e. The molecular weight excluding hydrogens is 346 g/mol. The van der Waals surface area contributed by atoms with Gasteiger partial charge in [-0.3, -0.25) is 4.68 Å². The fraction of sp³-hybridized carbons (Fsp3) is 0.316. The normalized spacial score (nSPS) is 19.1. The number of fused-ring (bicyclic) bond motifs is 2. The first-order chi connectivity index (χ1) is 12.6. The molecule has 2 atom stereocenters. The number of aliphatic hydroxyl groups excluding tert-OH is 1. The molecule has 7 heteroatoms. The Hall–Kier alpha value is -2.35. The average molecular weight is 365 g/mol. The first-order valence-electron chi connectivity index (χ1n) is 8.67. The predicted octanol–water partition coefficient (Wildman–Crippen LogP) is 2.98. The van der Waals surface area contributed by atoms with Crippen LogP contribution in [-0.4, -0.2) is 49.4 Å². The van der Waals surface area contributed by atoms with E-state index < -0.39 is 6.10 Å². The van der Waals surface area contributed by atoms with Gasteiger partial charge in [-0.2, -0.15) is 5.10 Å². The predicted molar refractivity (Wildman–Crippen MR) is 103 cm³/mol. The molecule has 0 saturated carbocycles. The van der Waals surface area contributed by atoms with Gasteiger partial charge < -0.3 is 10.0 Å². The van der Waals surface area contributed by atoms with Crippen LogP contribution in [0.1, 0.15) is 17.4 Å². The summed E-state index contributed by atoms with van der Waals surface area (Å²) in [6.45, 7) is 1.05. The van der Waals surface area contributed by atoms with Crippen LogP contribution < -0.4 is 0 Å². The van der Waals surface area contributed by atoms with Crippen LogP contribution in [0.5, 0.6) is 0 Å². The molecule has 4 aromatic heterocycles. The number of aromatic nitrogens is 4. The van der Waals surface area contributed by atoms with Crippen molar-refractivity contribution in [2.24, 2.45) is 7.05 Å². The van der Waals surface area contributed by atoms with Crippen LogP contribution in [0.25, 0.3) is 32.5 Å². The third-order valence-corrected chi connectivity index (χ3v) is 6.29. The molecule has 4 aromatic rings. The largest absolute Gasteiger partial charge is 0.386 e. The highest BCUT2D eigenvalue weighted by Crippen LogP contribution is 2.36. The molecule has 6 nitrogen and oxygen atoms in total. The maximum Gasteiger partial charge on any atom is 0.181 e. The summed E-state index contributed by atoms with van der Waals surface area (Å²) in [5.41, 5.74) is 2.60. The Kier molecular flexibility index (Phi) is 3.56. The third-order valence-electron chi connectivity index (χ3n) is 5.17. The maximum atomic E-state index is 10.6. The summed E-state index contributed by atoms with van der Waals surface area (Å²) in [5.74, 6) is 0. The second-order valence-corrected chi connectivity index (χ2v) is 8.02. The molecule has 26 heavy (non-hydrogen) atoms. The summed E-state index contributed by atoms with van der Waals surface area (Å²) < 4.78 is 1.77. The fourth-order valence-corrected chi connectivity index (χ4v) is 4.62. The number of likely N-dealkylation sites (N-methyl/N-ethyl adjacent to an activating group) is 1. The molecule has 5 heterocycles. The molecule has 1 aliphatic heterocycles. The molecule has 0 bridgehead atoms. The van der Waals surface area contributed by atoms with Gasteiger partial charge in [0.25, 0.3) is 0 Å². The summed E-state index contributed by atoms with van der Waals surface area (Å²) in [6.07, 6.45) is 4.38. The van der Waals surface area contributed by atoms with Crippen molar-refractivity contribution in [2.45, 2.75) is 18.6 Å². The van der Waals surface area contributed by atoms with E-state index in [1.165, 1.54) is 0 Å². The molecule has 0 unspecified atom stereocenters. The Morgan fingerprint density at radius 3 is 2.88 bits per heavy atom. The molecule has 0 aromatic carbocycles. The first-order valence-corrected chi connectivity index (χ1v) is 9.49. The monoisotopic (exact) mass is 365 g/mol. The fourth-order valence-electron chi connectivity index (χ4n) is 3.54. The van der Waals surface area contributed by atoms with E-state index in [0.717, 1.165) is 50.4 Å². The van der Waals surface area contributed by atoms with Crippen LogP contribution in [0.15, 0.2) is 36.7 Å². The van der Waals surface area contributed by atoms with E-state index in [1.54, 1.807) is 16.0 Å². The van der Waals surface area contributed by atoms with E-state index in [0.29, 0.717) is 0 Å². The van der Waals surface area contributed by atoms with Crippen molar-refractivity contribution in [3.8, 4) is 11.3 Å². The molecule has 1 aliphatic rings. The second-order valence-electron chi connectivity index (χ2n) is 6.96. The number of aryl methyl sites for hydroxylation is 1. The molecule has 132 valence electrons. The lowest BCUT2D eigenvalue weighted by molar-refractivity contribution is 0.00367. The van der Waals surface area contributed by atoms with E-state index in [-0.39, 0.29) is 6.04 Å². The van der Waals surface area contributed by atoms with Crippen molar-refractivity contribution in [2.75, 3.05) is 13.6 Å². The first kappa shape index (κ1) is 15.9. The molecule has 5 rings (SSSR count). The zero-order chi connectivity index (χ0) is 17.8. The standard InChI is InChI=1S/C19H19N5OS/c1-23-6-5-15(23)17(25)16-8-11-3-4-14(21-19(11)26-16)12-7-13-10-24(2)22-18(13)20-9-12/h3-4,7-10,15,17,25H,5-6H2,1-2H3/t15-,17+/m1/s1. The molecule has 1 fully saturated rings. The zero-order valence-corrected chi connectivity index (χ0v) is 15.4. The SMILES string of the molecule is CN1CC[C@@H]1[C@H](O)c1cc2ccc(-c3cnc4nn(C)cc4c3)nc2s1. The molecule has 1 saturated heterocycles. The van der Waals surface area contributed by atoms with Crippen LogP contribution >= 0.6 is 11.3 Å². The summed E-state index contributed by atoms with van der Waals surface area (Å²) in [4.78, 5) is 13.4. The number of hydrogen-bond acceptors (Lipinski definition) is 6. The Bertz CT molecular complexity index is 1120. The molecule has 0 aliphatic carbocycles. The van der Waals surface area contributed by atoms with Gasteiger partial charge in [-0.25, -0.2) is 9.97 Å². The highest BCUT2D eigenvalue weighted by molar-refractivity contribution is 7.18. The Labute approximate surface area is 154 Å². The lowest BCUT2D eigenvalue weighted by Gasteiger charge is -2.40. The maximum absolute atomic E-state index is 10.6. The molecule has 0 amide bonds. The van der Waals surface area contributed by atoms with Crippen molar-refractivity contribution < 1.29 is 5.11 Å². The number of hydrogen-bond donors (Lipinski definition) is 1. The van der Waals surface area contributed by atoms with Gasteiger partial charge in [-0.15, -0.1) is 11.3 Å². The van der Waals surface area contributed by atoms with Gasteiger partial charge in [0.2, 0.25) is 0 Å². The van der Waals surface area contributed by atoms with E-state index in [9.17, 15) is 5.11 Å². The van der Waals surface area contributed by atoms with Gasteiger partial charge in [-0.05, 0) is 44.3 Å². The van der Waals surface area contributed by atoms with Crippen molar-refractivity contribution >= 4 is 32.6 Å². The van der Waals surface area contributed by atoms with Crippen LogP contribution in [0, 0.1) is 0 Å².